The molecule has 0 aromatic rings. The minimum absolute atomic E-state index is 0.252. The Morgan fingerprint density at radius 1 is 1.25 bits per heavy atom. The summed E-state index contributed by atoms with van der Waals surface area (Å²) in [6, 6.07) is 0. The van der Waals surface area contributed by atoms with Crippen LogP contribution in [0.3, 0.4) is 0 Å². The van der Waals surface area contributed by atoms with E-state index in [-0.39, 0.29) is 12.2 Å². The quantitative estimate of drug-likeness (QED) is 0.355. The van der Waals surface area contributed by atoms with Crippen molar-refractivity contribution in [3.8, 4) is 0 Å². The number of epoxide rings is 2. The Labute approximate surface area is 95.1 Å². The first-order valence-electron chi connectivity index (χ1n) is 5.35. The summed E-state index contributed by atoms with van der Waals surface area (Å²) in [7, 11) is 0. The van der Waals surface area contributed by atoms with E-state index in [2.05, 4.69) is 6.58 Å². The van der Waals surface area contributed by atoms with E-state index in [1.54, 1.807) is 24.5 Å². The lowest BCUT2D eigenvalue weighted by Gasteiger charge is -2.04. The SMILES string of the molecule is C=C/C=C(\C=C\OCC1CO1)OCC1CO1. The molecule has 0 bridgehead atoms. The van der Waals surface area contributed by atoms with E-state index in [9.17, 15) is 0 Å². The normalized spacial score (nSPS) is 27.9. The van der Waals surface area contributed by atoms with Gasteiger partial charge in [0, 0.05) is 6.08 Å². The molecule has 2 saturated heterocycles. The van der Waals surface area contributed by atoms with Gasteiger partial charge in [0.15, 0.2) is 0 Å². The van der Waals surface area contributed by atoms with Crippen molar-refractivity contribution in [1.29, 1.82) is 0 Å². The van der Waals surface area contributed by atoms with Gasteiger partial charge in [-0.1, -0.05) is 12.7 Å². The first kappa shape index (κ1) is 11.2. The molecule has 2 heterocycles. The molecule has 88 valence electrons. The van der Waals surface area contributed by atoms with Crippen LogP contribution in [0.15, 0.2) is 36.8 Å². The number of ether oxygens (including phenoxy) is 4. The van der Waals surface area contributed by atoms with E-state index in [0.29, 0.717) is 13.2 Å². The maximum atomic E-state index is 5.50. The second-order valence-corrected chi connectivity index (χ2v) is 3.66. The van der Waals surface area contributed by atoms with Crippen LogP contribution in [-0.2, 0) is 18.9 Å². The van der Waals surface area contributed by atoms with E-state index in [1.807, 2.05) is 0 Å². The van der Waals surface area contributed by atoms with Crippen molar-refractivity contribution in [2.75, 3.05) is 26.4 Å². The molecule has 4 nitrogen and oxygen atoms in total. The van der Waals surface area contributed by atoms with Crippen LogP contribution >= 0.6 is 0 Å². The summed E-state index contributed by atoms with van der Waals surface area (Å²) in [6.45, 7) is 6.40. The molecular formula is C12H16O4. The van der Waals surface area contributed by atoms with Crippen LogP contribution in [0.25, 0.3) is 0 Å². The fourth-order valence-corrected chi connectivity index (χ4v) is 1.06. The predicted octanol–water partition coefficient (Wildman–Crippen LogP) is 1.40. The molecule has 16 heavy (non-hydrogen) atoms. The highest BCUT2D eigenvalue weighted by Crippen LogP contribution is 2.12. The molecule has 4 heteroatoms. The van der Waals surface area contributed by atoms with Crippen molar-refractivity contribution in [1.82, 2.24) is 0 Å². The van der Waals surface area contributed by atoms with Crippen LogP contribution in [0.2, 0.25) is 0 Å². The minimum Gasteiger partial charge on any atom is -0.498 e. The van der Waals surface area contributed by atoms with Gasteiger partial charge in [0.25, 0.3) is 0 Å². The first-order chi connectivity index (χ1) is 7.88. The van der Waals surface area contributed by atoms with Crippen molar-refractivity contribution in [3.63, 3.8) is 0 Å². The van der Waals surface area contributed by atoms with Crippen LogP contribution in [0.4, 0.5) is 0 Å². The summed E-state index contributed by atoms with van der Waals surface area (Å²) in [5, 5.41) is 0. The Morgan fingerprint density at radius 3 is 2.56 bits per heavy atom. The number of allylic oxidation sites excluding steroid dienone is 3. The lowest BCUT2D eigenvalue weighted by atomic mass is 10.4. The van der Waals surface area contributed by atoms with Crippen molar-refractivity contribution < 1.29 is 18.9 Å². The van der Waals surface area contributed by atoms with Crippen molar-refractivity contribution in [3.05, 3.63) is 36.8 Å². The molecule has 0 aromatic carbocycles. The van der Waals surface area contributed by atoms with Gasteiger partial charge < -0.3 is 18.9 Å². The average molecular weight is 224 g/mol. The molecule has 0 aromatic heterocycles. The standard InChI is InChI=1S/C12H16O4/c1-2-3-10(14-8-12-9-16-12)4-5-13-6-11-7-15-11/h2-5,11-12H,1,6-9H2/b5-4+,10-3+. The third kappa shape index (κ3) is 4.51. The zero-order valence-electron chi connectivity index (χ0n) is 9.13. The van der Waals surface area contributed by atoms with Gasteiger partial charge in [-0.15, -0.1) is 0 Å². The summed E-state index contributed by atoms with van der Waals surface area (Å²) in [4.78, 5) is 0. The highest BCUT2D eigenvalue weighted by Gasteiger charge is 2.23. The zero-order valence-corrected chi connectivity index (χ0v) is 9.13. The average Bonchev–Trinajstić information content (AvgIpc) is 3.15. The highest BCUT2D eigenvalue weighted by atomic mass is 16.6. The number of hydrogen-bond acceptors (Lipinski definition) is 4. The molecule has 0 N–H and O–H groups in total. The van der Waals surface area contributed by atoms with Crippen LogP contribution < -0.4 is 0 Å². The van der Waals surface area contributed by atoms with Crippen molar-refractivity contribution in [2.24, 2.45) is 0 Å². The second-order valence-electron chi connectivity index (χ2n) is 3.66. The molecule has 2 fully saturated rings. The lowest BCUT2D eigenvalue weighted by Crippen LogP contribution is -2.00. The van der Waals surface area contributed by atoms with Gasteiger partial charge in [-0.2, -0.15) is 0 Å². The summed E-state index contributed by atoms with van der Waals surface area (Å²) in [5.41, 5.74) is 0. The molecule has 0 aliphatic carbocycles. The number of hydrogen-bond donors (Lipinski definition) is 0. The molecule has 0 amide bonds. The smallest absolute Gasteiger partial charge is 0.122 e. The minimum atomic E-state index is 0.252. The number of rotatable bonds is 8. The summed E-state index contributed by atoms with van der Waals surface area (Å²) in [5.74, 6) is 0.724. The topological polar surface area (TPSA) is 43.5 Å². The maximum absolute atomic E-state index is 5.50. The third-order valence-corrected chi connectivity index (χ3v) is 2.13. The van der Waals surface area contributed by atoms with Crippen molar-refractivity contribution in [2.45, 2.75) is 12.2 Å². The maximum Gasteiger partial charge on any atom is 0.122 e. The van der Waals surface area contributed by atoms with Crippen LogP contribution in [-0.4, -0.2) is 38.6 Å². The van der Waals surface area contributed by atoms with E-state index in [1.165, 1.54) is 0 Å². The molecule has 0 saturated carbocycles. The molecular weight excluding hydrogens is 208 g/mol. The lowest BCUT2D eigenvalue weighted by molar-refractivity contribution is 0.186. The third-order valence-electron chi connectivity index (χ3n) is 2.13. The van der Waals surface area contributed by atoms with Crippen LogP contribution in [0.1, 0.15) is 0 Å². The molecule has 2 aliphatic rings. The highest BCUT2D eigenvalue weighted by molar-refractivity contribution is 5.16. The Bertz CT molecular complexity index is 287. The molecule has 0 spiro atoms. The van der Waals surface area contributed by atoms with Crippen LogP contribution in [0.5, 0.6) is 0 Å². The van der Waals surface area contributed by atoms with Gasteiger partial charge in [-0.25, -0.2) is 0 Å². The molecule has 2 atom stereocenters. The molecule has 0 radical (unpaired) electrons. The van der Waals surface area contributed by atoms with E-state index in [0.717, 1.165) is 19.0 Å². The zero-order chi connectivity index (χ0) is 11.2. The van der Waals surface area contributed by atoms with Crippen LogP contribution in [0, 0.1) is 0 Å². The van der Waals surface area contributed by atoms with E-state index >= 15 is 0 Å². The Kier molecular flexibility index (Phi) is 4.02. The molecule has 2 rings (SSSR count). The Hall–Kier alpha value is -1.26. The monoisotopic (exact) mass is 224 g/mol. The van der Waals surface area contributed by atoms with Gasteiger partial charge in [-0.3, -0.25) is 0 Å². The van der Waals surface area contributed by atoms with Gasteiger partial charge in [0.1, 0.15) is 31.2 Å². The first-order valence-corrected chi connectivity index (χ1v) is 5.35. The van der Waals surface area contributed by atoms with E-state index in [4.69, 9.17) is 18.9 Å². The van der Waals surface area contributed by atoms with Gasteiger partial charge >= 0.3 is 0 Å². The summed E-state index contributed by atoms with van der Waals surface area (Å²) >= 11 is 0. The second kappa shape index (κ2) is 5.72. The van der Waals surface area contributed by atoms with Gasteiger partial charge in [0.05, 0.1) is 19.5 Å². The predicted molar refractivity (Wildman–Crippen MR) is 58.8 cm³/mol. The fraction of sp³-hybridized carbons (Fsp3) is 0.500. The van der Waals surface area contributed by atoms with Gasteiger partial charge in [0.2, 0.25) is 0 Å². The Balaban J connectivity index is 1.66. The van der Waals surface area contributed by atoms with E-state index < -0.39 is 0 Å². The summed E-state index contributed by atoms with van der Waals surface area (Å²) < 4.78 is 20.8. The summed E-state index contributed by atoms with van der Waals surface area (Å²) in [6.07, 6.45) is 7.38. The molecule has 2 unspecified atom stereocenters. The molecule has 2 aliphatic heterocycles. The Morgan fingerprint density at radius 2 is 1.94 bits per heavy atom. The largest absolute Gasteiger partial charge is 0.498 e. The van der Waals surface area contributed by atoms with Crippen molar-refractivity contribution >= 4 is 0 Å². The fourth-order valence-electron chi connectivity index (χ4n) is 1.06. The van der Waals surface area contributed by atoms with Gasteiger partial charge in [-0.05, 0) is 6.08 Å².